The van der Waals surface area contributed by atoms with Crippen LogP contribution < -0.4 is 0 Å². The van der Waals surface area contributed by atoms with Gasteiger partial charge in [0, 0.05) is 17.9 Å². The van der Waals surface area contributed by atoms with Crippen LogP contribution in [0.4, 0.5) is 0 Å². The number of aliphatic imine (C=N–C) groups is 1. The van der Waals surface area contributed by atoms with Gasteiger partial charge in [0.25, 0.3) is 0 Å². The van der Waals surface area contributed by atoms with E-state index in [0.717, 1.165) is 6.29 Å². The molecule has 0 spiro atoms. The van der Waals surface area contributed by atoms with Crippen molar-refractivity contribution >= 4 is 19.6 Å². The second-order valence-electron chi connectivity index (χ2n) is 3.70. The molecule has 0 radical (unpaired) electrons. The van der Waals surface area contributed by atoms with Crippen LogP contribution in [-0.4, -0.2) is 46.8 Å². The first kappa shape index (κ1) is 10.9. The summed E-state index contributed by atoms with van der Waals surface area (Å²) in [5.74, 6) is 0. The maximum Gasteiger partial charge on any atom is 0.491 e. The highest BCUT2D eigenvalue weighted by molar-refractivity contribution is 6.57. The molecule has 6 heteroatoms. The smallest absolute Gasteiger partial charge is 0.423 e. The fourth-order valence-electron chi connectivity index (χ4n) is 1.04. The number of allylic oxidation sites excluding steroid dienone is 1. The van der Waals surface area contributed by atoms with Crippen LogP contribution >= 0.6 is 0 Å². The average molecular weight is 196 g/mol. The molecule has 0 saturated heterocycles. The van der Waals surface area contributed by atoms with Crippen molar-refractivity contribution in [2.75, 3.05) is 6.67 Å². The number of rotatable bonds is 3. The van der Waals surface area contributed by atoms with E-state index in [1.54, 1.807) is 18.7 Å². The average Bonchev–Trinajstić information content (AvgIpc) is 2.18. The summed E-state index contributed by atoms with van der Waals surface area (Å²) in [6, 6.07) is 0. The van der Waals surface area contributed by atoms with Crippen molar-refractivity contribution in [3.05, 3.63) is 11.7 Å². The minimum Gasteiger partial charge on any atom is -0.423 e. The molecule has 1 heterocycles. The lowest BCUT2D eigenvalue weighted by Crippen LogP contribution is -2.44. The molecule has 0 bridgehead atoms. The zero-order valence-electron chi connectivity index (χ0n) is 8.21. The molecule has 76 valence electrons. The molecule has 0 amide bonds. The SMILES string of the molecule is CC(C)(C=O)N1C=C(B(O)O)C=NC1. The fourth-order valence-corrected chi connectivity index (χ4v) is 1.04. The van der Waals surface area contributed by atoms with Crippen molar-refractivity contribution in [3.8, 4) is 0 Å². The first-order valence-corrected chi connectivity index (χ1v) is 4.28. The molecular weight excluding hydrogens is 183 g/mol. The third-order valence-electron chi connectivity index (χ3n) is 2.11. The topological polar surface area (TPSA) is 73.1 Å². The molecule has 0 unspecified atom stereocenters. The van der Waals surface area contributed by atoms with E-state index < -0.39 is 12.7 Å². The van der Waals surface area contributed by atoms with Crippen LogP contribution in [0.5, 0.6) is 0 Å². The molecule has 0 aromatic rings. The van der Waals surface area contributed by atoms with Gasteiger partial charge in [0.15, 0.2) is 0 Å². The lowest BCUT2D eigenvalue weighted by Gasteiger charge is -2.33. The molecular formula is C8H13BN2O3. The summed E-state index contributed by atoms with van der Waals surface area (Å²) in [7, 11) is -1.55. The van der Waals surface area contributed by atoms with E-state index in [4.69, 9.17) is 10.0 Å². The molecule has 1 aliphatic heterocycles. The minimum atomic E-state index is -1.55. The van der Waals surface area contributed by atoms with E-state index in [2.05, 4.69) is 4.99 Å². The van der Waals surface area contributed by atoms with Gasteiger partial charge in [0.1, 0.15) is 13.0 Å². The quantitative estimate of drug-likeness (QED) is 0.458. The van der Waals surface area contributed by atoms with E-state index >= 15 is 0 Å². The van der Waals surface area contributed by atoms with Gasteiger partial charge in [0.05, 0.1) is 5.54 Å². The number of nitrogens with zero attached hydrogens (tertiary/aromatic N) is 2. The molecule has 1 aliphatic rings. The number of hydrogen-bond acceptors (Lipinski definition) is 5. The maximum atomic E-state index is 10.8. The first-order valence-electron chi connectivity index (χ1n) is 4.28. The monoisotopic (exact) mass is 196 g/mol. The van der Waals surface area contributed by atoms with Crippen LogP contribution in [0, 0.1) is 0 Å². The van der Waals surface area contributed by atoms with Crippen molar-refractivity contribution in [3.63, 3.8) is 0 Å². The van der Waals surface area contributed by atoms with Crippen LogP contribution in [0.2, 0.25) is 0 Å². The first-order chi connectivity index (χ1) is 6.47. The summed E-state index contributed by atoms with van der Waals surface area (Å²) in [6.45, 7) is 3.82. The van der Waals surface area contributed by atoms with E-state index in [0.29, 0.717) is 6.67 Å². The van der Waals surface area contributed by atoms with Crippen molar-refractivity contribution < 1.29 is 14.8 Å². The molecule has 0 fully saturated rings. The zero-order chi connectivity index (χ0) is 10.8. The Balaban J connectivity index is 2.85. The summed E-state index contributed by atoms with van der Waals surface area (Å²) < 4.78 is 0. The molecule has 0 saturated carbocycles. The second kappa shape index (κ2) is 3.94. The highest BCUT2D eigenvalue weighted by Crippen LogP contribution is 2.16. The highest BCUT2D eigenvalue weighted by Gasteiger charge is 2.27. The van der Waals surface area contributed by atoms with Crippen LogP contribution in [0.3, 0.4) is 0 Å². The molecule has 14 heavy (non-hydrogen) atoms. The van der Waals surface area contributed by atoms with Crippen LogP contribution in [-0.2, 0) is 4.79 Å². The number of carbonyl (C=O) groups excluding carboxylic acids is 1. The van der Waals surface area contributed by atoms with Gasteiger partial charge in [-0.15, -0.1) is 0 Å². The van der Waals surface area contributed by atoms with Crippen LogP contribution in [0.1, 0.15) is 13.8 Å². The summed E-state index contributed by atoms with van der Waals surface area (Å²) in [5.41, 5.74) is -0.399. The van der Waals surface area contributed by atoms with Crippen molar-refractivity contribution in [1.82, 2.24) is 4.90 Å². The van der Waals surface area contributed by atoms with Crippen LogP contribution in [0.25, 0.3) is 0 Å². The standard InChI is InChI=1S/C8H13BN2O3/c1-8(2,5-12)11-4-7(9(13)14)3-10-6-11/h3-5,13-14H,6H2,1-2H3. The van der Waals surface area contributed by atoms with E-state index in [9.17, 15) is 4.79 Å². The fraction of sp³-hybridized carbons (Fsp3) is 0.500. The Hall–Kier alpha value is -1.14. The zero-order valence-corrected chi connectivity index (χ0v) is 8.21. The van der Waals surface area contributed by atoms with E-state index in [1.807, 2.05) is 0 Å². The highest BCUT2D eigenvalue weighted by atomic mass is 16.4. The summed E-state index contributed by atoms with van der Waals surface area (Å²) >= 11 is 0. The van der Waals surface area contributed by atoms with E-state index in [-0.39, 0.29) is 5.47 Å². The Morgan fingerprint density at radius 2 is 2.29 bits per heavy atom. The normalized spacial score (nSPS) is 16.6. The van der Waals surface area contributed by atoms with Crippen molar-refractivity contribution in [1.29, 1.82) is 0 Å². The second-order valence-corrected chi connectivity index (χ2v) is 3.70. The maximum absolute atomic E-state index is 10.8. The third kappa shape index (κ3) is 2.21. The number of aldehydes is 1. The van der Waals surface area contributed by atoms with Gasteiger partial charge in [-0.25, -0.2) is 0 Å². The predicted molar refractivity (Wildman–Crippen MR) is 53.6 cm³/mol. The molecule has 2 N–H and O–H groups in total. The molecule has 1 rings (SSSR count). The molecule has 5 nitrogen and oxygen atoms in total. The molecule has 0 aromatic heterocycles. The van der Waals surface area contributed by atoms with Gasteiger partial charge >= 0.3 is 7.12 Å². The van der Waals surface area contributed by atoms with Gasteiger partial charge in [-0.05, 0) is 13.8 Å². The van der Waals surface area contributed by atoms with E-state index in [1.165, 1.54) is 12.4 Å². The minimum absolute atomic E-state index is 0.283. The van der Waals surface area contributed by atoms with Gasteiger partial charge in [-0.3, -0.25) is 4.99 Å². The predicted octanol–water partition coefficient (Wildman–Crippen LogP) is -0.796. The largest absolute Gasteiger partial charge is 0.491 e. The van der Waals surface area contributed by atoms with Gasteiger partial charge in [-0.1, -0.05) is 0 Å². The van der Waals surface area contributed by atoms with Crippen molar-refractivity contribution in [2.24, 2.45) is 4.99 Å². The third-order valence-corrected chi connectivity index (χ3v) is 2.11. The van der Waals surface area contributed by atoms with Gasteiger partial charge in [-0.2, -0.15) is 0 Å². The van der Waals surface area contributed by atoms with Crippen LogP contribution in [0.15, 0.2) is 16.7 Å². The molecule has 0 atom stereocenters. The van der Waals surface area contributed by atoms with Gasteiger partial charge < -0.3 is 19.7 Å². The summed E-state index contributed by atoms with van der Waals surface area (Å²) in [4.78, 5) is 16.3. The Kier molecular flexibility index (Phi) is 3.08. The Bertz CT molecular complexity index is 286. The molecule has 0 aliphatic carbocycles. The van der Waals surface area contributed by atoms with Crippen molar-refractivity contribution in [2.45, 2.75) is 19.4 Å². The molecule has 0 aromatic carbocycles. The Morgan fingerprint density at radius 3 is 2.79 bits per heavy atom. The summed E-state index contributed by atoms with van der Waals surface area (Å²) in [5, 5.41) is 17.8. The number of carbonyl (C=O) groups is 1. The lowest BCUT2D eigenvalue weighted by molar-refractivity contribution is -0.115. The van der Waals surface area contributed by atoms with Gasteiger partial charge in [0.2, 0.25) is 0 Å². The summed E-state index contributed by atoms with van der Waals surface area (Å²) in [6.07, 6.45) is 3.72. The number of hydrogen-bond donors (Lipinski definition) is 2. The Morgan fingerprint density at radius 1 is 1.64 bits per heavy atom. The lowest BCUT2D eigenvalue weighted by atomic mass is 9.80. The Labute approximate surface area is 82.9 Å².